The van der Waals surface area contributed by atoms with Gasteiger partial charge in [0.25, 0.3) is 5.91 Å². The number of carbonyl (C=O) groups excluding carboxylic acids is 1. The van der Waals surface area contributed by atoms with Gasteiger partial charge in [-0.25, -0.2) is 19.0 Å². The largest absolute Gasteiger partial charge is 0.365 e. The fourth-order valence-electron chi connectivity index (χ4n) is 3.55. The summed E-state index contributed by atoms with van der Waals surface area (Å²) in [5.74, 6) is -0.691. The molecule has 0 spiro atoms. The predicted molar refractivity (Wildman–Crippen MR) is 111 cm³/mol. The van der Waals surface area contributed by atoms with Crippen molar-refractivity contribution in [3.05, 3.63) is 54.2 Å². The Labute approximate surface area is 172 Å². The fraction of sp³-hybridized carbons (Fsp3) is 0.300. The van der Waals surface area contributed by atoms with Crippen molar-refractivity contribution >= 4 is 23.2 Å². The van der Waals surface area contributed by atoms with Crippen molar-refractivity contribution in [1.29, 1.82) is 0 Å². The molecule has 3 aromatic heterocycles. The maximum absolute atomic E-state index is 14.6. The van der Waals surface area contributed by atoms with Crippen LogP contribution in [-0.4, -0.2) is 37.7 Å². The van der Waals surface area contributed by atoms with E-state index in [9.17, 15) is 9.18 Å². The molecule has 9 nitrogen and oxygen atoms in total. The first-order valence-electron chi connectivity index (χ1n) is 9.77. The van der Waals surface area contributed by atoms with Gasteiger partial charge in [0.05, 0.1) is 5.56 Å². The Hall–Kier alpha value is -3.53. The number of pyridine rings is 2. The highest BCUT2D eigenvalue weighted by Gasteiger charge is 2.24. The molecule has 0 saturated heterocycles. The number of nitrogens with zero attached hydrogens (tertiary/aromatic N) is 4. The Morgan fingerprint density at radius 1 is 1.20 bits per heavy atom. The van der Waals surface area contributed by atoms with Gasteiger partial charge in [0, 0.05) is 42.4 Å². The predicted octanol–water partition coefficient (Wildman–Crippen LogP) is 2.33. The molecular formula is C20H23FN8O. The standard InChI is InChI=1S/C20H23FN8O/c21-14-11-13(18(23)30)19(28-20(14)27-16-5-2-1-4-15(16)22)26-12-6-8-24-17(10-12)29-9-3-7-25-29/h3,6-11,15-16H,1-2,4-5,22H2,(H2,23,30)(H2,24,26,27,28)/t15-,16+/m0/s1. The molecule has 1 amide bonds. The summed E-state index contributed by atoms with van der Waals surface area (Å²) in [6.45, 7) is 0. The molecule has 1 aliphatic rings. The van der Waals surface area contributed by atoms with Crippen LogP contribution < -0.4 is 22.1 Å². The van der Waals surface area contributed by atoms with Crippen LogP contribution in [0.25, 0.3) is 5.82 Å². The molecule has 0 radical (unpaired) electrons. The van der Waals surface area contributed by atoms with Crippen LogP contribution in [0.3, 0.4) is 0 Å². The van der Waals surface area contributed by atoms with E-state index in [0.29, 0.717) is 11.5 Å². The molecule has 0 unspecified atom stereocenters. The highest BCUT2D eigenvalue weighted by molar-refractivity contribution is 5.98. The molecule has 0 aliphatic heterocycles. The molecule has 2 atom stereocenters. The van der Waals surface area contributed by atoms with Crippen LogP contribution >= 0.6 is 0 Å². The van der Waals surface area contributed by atoms with Crippen molar-refractivity contribution in [2.24, 2.45) is 11.5 Å². The topological polar surface area (TPSA) is 137 Å². The average molecular weight is 410 g/mol. The molecule has 156 valence electrons. The van der Waals surface area contributed by atoms with Gasteiger partial charge in [0.15, 0.2) is 17.5 Å². The number of halogens is 1. The normalized spacial score (nSPS) is 18.7. The van der Waals surface area contributed by atoms with E-state index in [4.69, 9.17) is 11.5 Å². The third kappa shape index (κ3) is 4.23. The van der Waals surface area contributed by atoms with E-state index in [-0.39, 0.29) is 29.3 Å². The molecule has 30 heavy (non-hydrogen) atoms. The summed E-state index contributed by atoms with van der Waals surface area (Å²) in [5, 5.41) is 10.3. The smallest absolute Gasteiger partial charge is 0.252 e. The van der Waals surface area contributed by atoms with Crippen LogP contribution in [0, 0.1) is 5.82 Å². The van der Waals surface area contributed by atoms with Gasteiger partial charge >= 0.3 is 0 Å². The second kappa shape index (κ2) is 8.46. The van der Waals surface area contributed by atoms with E-state index >= 15 is 0 Å². The Kier molecular flexibility index (Phi) is 5.57. The van der Waals surface area contributed by atoms with Gasteiger partial charge in [-0.05, 0) is 31.0 Å². The van der Waals surface area contributed by atoms with Gasteiger partial charge < -0.3 is 22.1 Å². The number of primary amides is 1. The first kappa shape index (κ1) is 19.8. The van der Waals surface area contributed by atoms with Crippen molar-refractivity contribution in [3.8, 4) is 5.82 Å². The summed E-state index contributed by atoms with van der Waals surface area (Å²) in [6, 6.07) is 6.14. The van der Waals surface area contributed by atoms with Crippen LogP contribution in [0.4, 0.5) is 21.7 Å². The third-order valence-electron chi connectivity index (χ3n) is 5.13. The number of carbonyl (C=O) groups is 1. The minimum atomic E-state index is -0.786. The molecule has 1 aliphatic carbocycles. The molecule has 1 saturated carbocycles. The second-order valence-corrected chi connectivity index (χ2v) is 7.26. The zero-order chi connectivity index (χ0) is 21.1. The lowest BCUT2D eigenvalue weighted by Gasteiger charge is -2.30. The summed E-state index contributed by atoms with van der Waals surface area (Å²) in [7, 11) is 0. The van der Waals surface area contributed by atoms with Crippen LogP contribution in [-0.2, 0) is 0 Å². The molecule has 3 aromatic rings. The summed E-state index contributed by atoms with van der Waals surface area (Å²) in [6.07, 6.45) is 8.77. The molecule has 0 bridgehead atoms. The number of nitrogens with one attached hydrogen (secondary N) is 2. The first-order chi connectivity index (χ1) is 14.5. The molecule has 0 aromatic carbocycles. The second-order valence-electron chi connectivity index (χ2n) is 7.26. The minimum absolute atomic E-state index is 0.0335. The number of hydrogen-bond acceptors (Lipinski definition) is 7. The Balaban J connectivity index is 1.64. The Morgan fingerprint density at radius 3 is 2.77 bits per heavy atom. The zero-order valence-corrected chi connectivity index (χ0v) is 16.3. The lowest BCUT2D eigenvalue weighted by Crippen LogP contribution is -2.43. The maximum Gasteiger partial charge on any atom is 0.252 e. The number of hydrogen-bond donors (Lipinski definition) is 4. The molecule has 3 heterocycles. The van der Waals surface area contributed by atoms with Crippen LogP contribution in [0.1, 0.15) is 36.0 Å². The van der Waals surface area contributed by atoms with Gasteiger partial charge in [0.1, 0.15) is 5.82 Å². The van der Waals surface area contributed by atoms with Crippen molar-refractivity contribution in [2.75, 3.05) is 10.6 Å². The fourth-order valence-corrected chi connectivity index (χ4v) is 3.55. The lowest BCUT2D eigenvalue weighted by molar-refractivity contribution is 0.100. The quantitative estimate of drug-likeness (QED) is 0.489. The van der Waals surface area contributed by atoms with E-state index < -0.39 is 11.7 Å². The Morgan fingerprint density at radius 2 is 2.03 bits per heavy atom. The van der Waals surface area contributed by atoms with Gasteiger partial charge in [-0.2, -0.15) is 5.10 Å². The highest BCUT2D eigenvalue weighted by atomic mass is 19.1. The summed E-state index contributed by atoms with van der Waals surface area (Å²) >= 11 is 0. The van der Waals surface area contributed by atoms with Crippen LogP contribution in [0.5, 0.6) is 0 Å². The van der Waals surface area contributed by atoms with Crippen molar-refractivity contribution in [3.63, 3.8) is 0 Å². The third-order valence-corrected chi connectivity index (χ3v) is 5.13. The highest BCUT2D eigenvalue weighted by Crippen LogP contribution is 2.27. The molecule has 6 N–H and O–H groups in total. The Bertz CT molecular complexity index is 1040. The van der Waals surface area contributed by atoms with Gasteiger partial charge in [-0.1, -0.05) is 12.8 Å². The van der Waals surface area contributed by atoms with E-state index in [1.54, 1.807) is 41.5 Å². The number of aromatic nitrogens is 4. The minimum Gasteiger partial charge on any atom is -0.365 e. The molecule has 10 heteroatoms. The number of rotatable bonds is 6. The number of nitrogens with two attached hydrogens (primary N) is 2. The monoisotopic (exact) mass is 410 g/mol. The van der Waals surface area contributed by atoms with Gasteiger partial charge in [-0.3, -0.25) is 4.79 Å². The number of anilines is 3. The summed E-state index contributed by atoms with van der Waals surface area (Å²) in [4.78, 5) is 20.5. The molecule has 1 fully saturated rings. The lowest BCUT2D eigenvalue weighted by atomic mass is 9.91. The molecule has 4 rings (SSSR count). The van der Waals surface area contributed by atoms with Crippen molar-refractivity contribution < 1.29 is 9.18 Å². The SMILES string of the molecule is NC(=O)c1cc(F)c(N[C@@H]2CCCC[C@@H]2N)nc1Nc1ccnc(-n2cccn2)c1. The van der Waals surface area contributed by atoms with Crippen LogP contribution in [0.2, 0.25) is 0 Å². The molecular weight excluding hydrogens is 387 g/mol. The van der Waals surface area contributed by atoms with Crippen molar-refractivity contribution in [2.45, 2.75) is 37.8 Å². The zero-order valence-electron chi connectivity index (χ0n) is 16.3. The van der Waals surface area contributed by atoms with E-state index in [2.05, 4.69) is 25.7 Å². The maximum atomic E-state index is 14.6. The van der Waals surface area contributed by atoms with Gasteiger partial charge in [0.2, 0.25) is 0 Å². The summed E-state index contributed by atoms with van der Waals surface area (Å²) < 4.78 is 16.2. The van der Waals surface area contributed by atoms with Crippen LogP contribution in [0.15, 0.2) is 42.9 Å². The van der Waals surface area contributed by atoms with Gasteiger partial charge in [-0.15, -0.1) is 0 Å². The van der Waals surface area contributed by atoms with E-state index in [1.165, 1.54) is 0 Å². The number of amides is 1. The average Bonchev–Trinajstić information content (AvgIpc) is 3.27. The van der Waals surface area contributed by atoms with E-state index in [1.807, 2.05) is 0 Å². The first-order valence-corrected chi connectivity index (χ1v) is 9.77. The van der Waals surface area contributed by atoms with Crippen molar-refractivity contribution in [1.82, 2.24) is 19.7 Å². The van der Waals surface area contributed by atoms with E-state index in [0.717, 1.165) is 31.7 Å². The summed E-state index contributed by atoms with van der Waals surface area (Å²) in [5.41, 5.74) is 12.2.